The Labute approximate surface area is 175 Å². The summed E-state index contributed by atoms with van der Waals surface area (Å²) in [5, 5.41) is 11.3. The number of H-pyrrole nitrogens is 1. The third kappa shape index (κ3) is 4.08. The number of benzene rings is 1. The van der Waals surface area contributed by atoms with Gasteiger partial charge in [0.05, 0.1) is 6.54 Å². The highest BCUT2D eigenvalue weighted by atomic mass is 32.2. The van der Waals surface area contributed by atoms with Crippen LogP contribution in [0.1, 0.15) is 28.9 Å². The van der Waals surface area contributed by atoms with Crippen LogP contribution in [0.3, 0.4) is 0 Å². The van der Waals surface area contributed by atoms with Gasteiger partial charge in [-0.25, -0.2) is 9.97 Å². The van der Waals surface area contributed by atoms with Gasteiger partial charge in [-0.15, -0.1) is 0 Å². The molecule has 4 aromatic rings. The van der Waals surface area contributed by atoms with Crippen LogP contribution >= 0.6 is 24.0 Å². The quantitative estimate of drug-likeness (QED) is 0.264. The molecule has 1 aromatic carbocycles. The minimum atomic E-state index is -0.303. The predicted octanol–water partition coefficient (Wildman–Crippen LogP) is 3.72. The number of carbonyl (C=O) groups is 1. The molecule has 0 aliphatic heterocycles. The molecule has 4 rings (SSSR count). The molecule has 148 valence electrons. The van der Waals surface area contributed by atoms with E-state index >= 15 is 0 Å². The summed E-state index contributed by atoms with van der Waals surface area (Å²) in [6.07, 6.45) is 3.38. The van der Waals surface area contributed by atoms with Crippen LogP contribution in [0.15, 0.2) is 52.3 Å². The van der Waals surface area contributed by atoms with Crippen molar-refractivity contribution in [3.8, 4) is 0 Å². The topological polar surface area (TPSA) is 102 Å². The van der Waals surface area contributed by atoms with Crippen LogP contribution in [0, 0.1) is 4.77 Å². The molecule has 1 amide bonds. The molecule has 0 radical (unpaired) electrons. The molecule has 0 fully saturated rings. The van der Waals surface area contributed by atoms with Gasteiger partial charge in [0.25, 0.3) is 5.91 Å². The van der Waals surface area contributed by atoms with E-state index in [1.807, 2.05) is 35.8 Å². The molecular formula is C19H18N6O2S2. The van der Waals surface area contributed by atoms with Crippen molar-refractivity contribution in [2.75, 3.05) is 0 Å². The van der Waals surface area contributed by atoms with E-state index in [0.29, 0.717) is 33.6 Å². The molecule has 8 nitrogen and oxygen atoms in total. The number of nitrogens with one attached hydrogen (secondary N) is 2. The largest absolute Gasteiger partial charge is 0.451 e. The Hall–Kier alpha value is -2.98. The maximum absolute atomic E-state index is 12.9. The van der Waals surface area contributed by atoms with Crippen molar-refractivity contribution in [3.63, 3.8) is 0 Å². The first kappa shape index (κ1) is 19.3. The Balaban J connectivity index is 1.58. The molecule has 0 saturated heterocycles. The van der Waals surface area contributed by atoms with Crippen LogP contribution in [0.2, 0.25) is 0 Å². The zero-order chi connectivity index (χ0) is 20.2. The van der Waals surface area contributed by atoms with Gasteiger partial charge in [0.2, 0.25) is 0 Å². The van der Waals surface area contributed by atoms with E-state index in [1.165, 1.54) is 11.8 Å². The number of hydrogen-bond donors (Lipinski definition) is 2. The fourth-order valence-corrected chi connectivity index (χ4v) is 4.08. The number of para-hydroxylation sites is 1. The highest BCUT2D eigenvalue weighted by molar-refractivity contribution is 7.98. The number of rotatable bonds is 7. The van der Waals surface area contributed by atoms with E-state index in [9.17, 15) is 4.79 Å². The van der Waals surface area contributed by atoms with Crippen molar-refractivity contribution in [1.82, 2.24) is 30.0 Å². The summed E-state index contributed by atoms with van der Waals surface area (Å²) in [7, 11) is 0. The molecule has 0 bridgehead atoms. The molecule has 0 atom stereocenters. The maximum atomic E-state index is 12.9. The van der Waals surface area contributed by atoms with Crippen molar-refractivity contribution in [2.45, 2.75) is 30.9 Å². The van der Waals surface area contributed by atoms with Crippen LogP contribution in [0.4, 0.5) is 0 Å². The molecular weight excluding hydrogens is 408 g/mol. The molecule has 0 aliphatic carbocycles. The molecule has 3 heterocycles. The second-order valence-electron chi connectivity index (χ2n) is 6.10. The SMILES string of the molecule is CCn1c(CNC(=O)c2oc3ccccc3c2CSc2ncccn2)n[nH]c1=S. The normalized spacial score (nSPS) is 11.1. The third-order valence-corrected chi connectivity index (χ3v) is 5.57. The second kappa shape index (κ2) is 8.58. The van der Waals surface area contributed by atoms with E-state index in [1.54, 1.807) is 18.5 Å². The zero-order valence-electron chi connectivity index (χ0n) is 15.6. The molecule has 29 heavy (non-hydrogen) atoms. The average Bonchev–Trinajstić information content (AvgIpc) is 3.31. The number of furan rings is 1. The molecule has 2 N–H and O–H groups in total. The van der Waals surface area contributed by atoms with Gasteiger partial charge in [-0.05, 0) is 31.3 Å². The lowest BCUT2D eigenvalue weighted by molar-refractivity contribution is 0.0923. The summed E-state index contributed by atoms with van der Waals surface area (Å²) in [4.78, 5) is 21.4. The summed E-state index contributed by atoms with van der Waals surface area (Å²) in [6.45, 7) is 2.88. The molecule has 0 spiro atoms. The standard InChI is InChI=1S/C19H18N6O2S2/c1-2-25-15(23-24-19(25)28)10-22-17(26)16-13(11-29-18-20-8-5-9-21-18)12-6-3-4-7-14(12)27-16/h3-9H,2,10-11H2,1H3,(H,22,26)(H,24,28). The Morgan fingerprint density at radius 2 is 2.07 bits per heavy atom. The lowest BCUT2D eigenvalue weighted by atomic mass is 10.1. The number of aromatic nitrogens is 5. The van der Waals surface area contributed by atoms with Crippen molar-refractivity contribution in [3.05, 3.63) is 64.6 Å². The molecule has 0 aliphatic rings. The van der Waals surface area contributed by atoms with E-state index < -0.39 is 0 Å². The smallest absolute Gasteiger partial charge is 0.287 e. The van der Waals surface area contributed by atoms with Crippen molar-refractivity contribution < 1.29 is 9.21 Å². The monoisotopic (exact) mass is 426 g/mol. The highest BCUT2D eigenvalue weighted by Gasteiger charge is 2.21. The predicted molar refractivity (Wildman–Crippen MR) is 112 cm³/mol. The highest BCUT2D eigenvalue weighted by Crippen LogP contribution is 2.31. The molecule has 10 heteroatoms. The van der Waals surface area contributed by atoms with E-state index in [0.717, 1.165) is 10.9 Å². The maximum Gasteiger partial charge on any atom is 0.287 e. The number of fused-ring (bicyclic) bond motifs is 1. The number of nitrogens with zero attached hydrogens (tertiary/aromatic N) is 4. The van der Waals surface area contributed by atoms with E-state index in [-0.39, 0.29) is 18.2 Å². The van der Waals surface area contributed by atoms with Crippen LogP contribution < -0.4 is 5.32 Å². The summed E-state index contributed by atoms with van der Waals surface area (Å²) in [6, 6.07) is 9.36. The molecule has 0 unspecified atom stereocenters. The fraction of sp³-hybridized carbons (Fsp3) is 0.211. The summed E-state index contributed by atoms with van der Waals surface area (Å²) in [5.41, 5.74) is 1.48. The van der Waals surface area contributed by atoms with Gasteiger partial charge < -0.3 is 14.3 Å². The average molecular weight is 427 g/mol. The minimum absolute atomic E-state index is 0.241. The van der Waals surface area contributed by atoms with Gasteiger partial charge in [0.15, 0.2) is 21.5 Å². The zero-order valence-corrected chi connectivity index (χ0v) is 17.2. The van der Waals surface area contributed by atoms with Crippen LogP contribution in [0.5, 0.6) is 0 Å². The first-order valence-corrected chi connectivity index (χ1v) is 10.4. The lowest BCUT2D eigenvalue weighted by Crippen LogP contribution is -2.25. The van der Waals surface area contributed by atoms with Crippen LogP contribution in [-0.4, -0.2) is 30.6 Å². The fourth-order valence-electron chi connectivity index (χ4n) is 2.97. The molecule has 3 aromatic heterocycles. The van der Waals surface area contributed by atoms with Crippen molar-refractivity contribution in [1.29, 1.82) is 0 Å². The number of aromatic amines is 1. The van der Waals surface area contributed by atoms with Crippen LogP contribution in [-0.2, 0) is 18.8 Å². The summed E-state index contributed by atoms with van der Waals surface area (Å²) >= 11 is 6.64. The third-order valence-electron chi connectivity index (χ3n) is 4.35. The summed E-state index contributed by atoms with van der Waals surface area (Å²) in [5.74, 6) is 1.15. The van der Waals surface area contributed by atoms with Crippen molar-refractivity contribution >= 4 is 40.9 Å². The Bertz CT molecular complexity index is 1200. The Morgan fingerprint density at radius 1 is 1.28 bits per heavy atom. The van der Waals surface area contributed by atoms with Gasteiger partial charge >= 0.3 is 0 Å². The van der Waals surface area contributed by atoms with Gasteiger partial charge in [-0.1, -0.05) is 30.0 Å². The first-order chi connectivity index (χ1) is 14.2. The van der Waals surface area contributed by atoms with Gasteiger partial charge in [0.1, 0.15) is 5.58 Å². The Kier molecular flexibility index (Phi) is 5.72. The summed E-state index contributed by atoms with van der Waals surface area (Å²) < 4.78 is 8.24. The van der Waals surface area contributed by atoms with Gasteiger partial charge in [0, 0.05) is 35.6 Å². The van der Waals surface area contributed by atoms with Crippen LogP contribution in [0.25, 0.3) is 11.0 Å². The second-order valence-corrected chi connectivity index (χ2v) is 7.43. The first-order valence-electron chi connectivity index (χ1n) is 9.00. The number of amides is 1. The lowest BCUT2D eigenvalue weighted by Gasteiger charge is -2.06. The number of carbonyl (C=O) groups excluding carboxylic acids is 1. The van der Waals surface area contributed by atoms with E-state index in [2.05, 4.69) is 25.5 Å². The van der Waals surface area contributed by atoms with Gasteiger partial charge in [-0.2, -0.15) is 5.10 Å². The number of thioether (sulfide) groups is 1. The molecule has 0 saturated carbocycles. The number of hydrogen-bond acceptors (Lipinski definition) is 7. The minimum Gasteiger partial charge on any atom is -0.451 e. The van der Waals surface area contributed by atoms with Crippen molar-refractivity contribution in [2.24, 2.45) is 0 Å². The van der Waals surface area contributed by atoms with E-state index in [4.69, 9.17) is 16.6 Å². The van der Waals surface area contributed by atoms with Gasteiger partial charge in [-0.3, -0.25) is 9.89 Å². The Morgan fingerprint density at radius 3 is 2.86 bits per heavy atom.